The number of rotatable bonds is 2. The molecule has 4 saturated heterocycles. The van der Waals surface area contributed by atoms with Crippen LogP contribution >= 0.6 is 21.6 Å². The van der Waals surface area contributed by atoms with E-state index in [0.29, 0.717) is 22.8 Å². The van der Waals surface area contributed by atoms with Crippen LogP contribution in [0.15, 0.2) is 12.1 Å². The lowest BCUT2D eigenvalue weighted by atomic mass is 9.79. The van der Waals surface area contributed by atoms with Gasteiger partial charge in [-0.2, -0.15) is 5.26 Å². The Hall–Kier alpha value is -2.25. The predicted octanol–water partition coefficient (Wildman–Crippen LogP) is 2.51. The molecule has 4 atom stereocenters. The van der Waals surface area contributed by atoms with Crippen LogP contribution in [0.3, 0.4) is 0 Å². The molecule has 0 saturated carbocycles. The number of carbonyl (C=O) groups excluding carboxylic acids is 2. The van der Waals surface area contributed by atoms with Crippen LogP contribution in [0.2, 0.25) is 0 Å². The normalized spacial score (nSPS) is 37.0. The van der Waals surface area contributed by atoms with Crippen molar-refractivity contribution in [2.24, 2.45) is 5.41 Å². The van der Waals surface area contributed by atoms with Crippen molar-refractivity contribution in [1.29, 1.82) is 5.26 Å². The summed E-state index contributed by atoms with van der Waals surface area (Å²) in [5.74, 6) is 1.18. The molecule has 0 aliphatic carbocycles. The number of hydrogen-bond acceptors (Lipinski definition) is 8. The molecule has 1 aromatic rings. The van der Waals surface area contributed by atoms with E-state index in [1.54, 1.807) is 31.0 Å². The van der Waals surface area contributed by atoms with Crippen molar-refractivity contribution < 1.29 is 23.8 Å². The lowest BCUT2D eigenvalue weighted by Gasteiger charge is -2.57. The largest absolute Gasteiger partial charge is 0.493 e. The molecule has 4 unspecified atom stereocenters. The van der Waals surface area contributed by atoms with Gasteiger partial charge in [-0.25, -0.2) is 0 Å². The summed E-state index contributed by atoms with van der Waals surface area (Å²) in [5.41, 5.74) is -0.272. The minimum absolute atomic E-state index is 0.0791. The fraction of sp³-hybridized carbons (Fsp3) is 0.526. The number of likely N-dealkylation sites (N-methyl/N-ethyl adjacent to an activating group) is 1. The van der Waals surface area contributed by atoms with Crippen molar-refractivity contribution in [3.8, 4) is 23.3 Å². The Balaban J connectivity index is 1.73. The van der Waals surface area contributed by atoms with Crippen molar-refractivity contribution in [2.45, 2.75) is 36.1 Å². The fourth-order valence-corrected chi connectivity index (χ4v) is 8.31. The van der Waals surface area contributed by atoms with Gasteiger partial charge in [0.25, 0.3) is 11.8 Å². The maximum Gasteiger partial charge on any atom is 0.261 e. The molecule has 5 aliphatic rings. The molecule has 29 heavy (non-hydrogen) atoms. The van der Waals surface area contributed by atoms with Crippen LogP contribution in [0.5, 0.6) is 17.2 Å². The summed E-state index contributed by atoms with van der Waals surface area (Å²) in [6.45, 7) is 3.65. The molecule has 6 rings (SSSR count). The van der Waals surface area contributed by atoms with E-state index in [2.05, 4.69) is 6.07 Å². The number of amides is 2. The second-order valence-electron chi connectivity index (χ2n) is 8.04. The Kier molecular flexibility index (Phi) is 3.67. The summed E-state index contributed by atoms with van der Waals surface area (Å²) in [6.07, 6.45) is 0.251. The van der Waals surface area contributed by atoms with Gasteiger partial charge < -0.3 is 24.0 Å². The van der Waals surface area contributed by atoms with Gasteiger partial charge in [0.2, 0.25) is 12.5 Å². The van der Waals surface area contributed by atoms with Crippen molar-refractivity contribution in [2.75, 3.05) is 21.0 Å². The van der Waals surface area contributed by atoms with E-state index < -0.39 is 21.2 Å². The molecular weight excluding hydrogens is 414 g/mol. The first-order valence-corrected chi connectivity index (χ1v) is 11.2. The van der Waals surface area contributed by atoms with Crippen molar-refractivity contribution in [3.63, 3.8) is 0 Å². The van der Waals surface area contributed by atoms with E-state index in [4.69, 9.17) is 14.2 Å². The van der Waals surface area contributed by atoms with Crippen molar-refractivity contribution in [1.82, 2.24) is 9.80 Å². The monoisotopic (exact) mass is 433 g/mol. The zero-order valence-electron chi connectivity index (χ0n) is 16.3. The number of benzene rings is 1. The molecule has 2 bridgehead atoms. The summed E-state index contributed by atoms with van der Waals surface area (Å²) in [6, 6.07) is 5.34. The highest BCUT2D eigenvalue weighted by Crippen LogP contribution is 2.69. The van der Waals surface area contributed by atoms with Gasteiger partial charge in [-0.05, 0) is 31.5 Å². The SMILES string of the molecule is COc1cc(C2N3C(=O)C4(C)SSC3(CC2(C)C#N)C(=O)N4C)cc2c1OCO2. The van der Waals surface area contributed by atoms with Crippen LogP contribution in [-0.2, 0) is 9.59 Å². The van der Waals surface area contributed by atoms with E-state index >= 15 is 0 Å². The van der Waals surface area contributed by atoms with Crippen LogP contribution in [0.1, 0.15) is 31.9 Å². The molecule has 0 aromatic heterocycles. The molecule has 2 amide bonds. The van der Waals surface area contributed by atoms with Crippen molar-refractivity contribution in [3.05, 3.63) is 17.7 Å². The van der Waals surface area contributed by atoms with Crippen LogP contribution in [0.25, 0.3) is 0 Å². The van der Waals surface area contributed by atoms with Gasteiger partial charge >= 0.3 is 0 Å². The molecule has 4 fully saturated rings. The number of nitriles is 1. The van der Waals surface area contributed by atoms with Gasteiger partial charge in [0.05, 0.1) is 24.6 Å². The first kappa shape index (κ1) is 18.8. The van der Waals surface area contributed by atoms with E-state index in [9.17, 15) is 14.9 Å². The third-order valence-corrected chi connectivity index (χ3v) is 10.0. The van der Waals surface area contributed by atoms with Crippen LogP contribution < -0.4 is 14.2 Å². The Labute approximate surface area is 175 Å². The number of nitrogens with zero attached hydrogens (tertiary/aromatic N) is 3. The average molecular weight is 434 g/mol. The molecule has 0 radical (unpaired) electrons. The minimum atomic E-state index is -1.10. The molecule has 5 heterocycles. The summed E-state index contributed by atoms with van der Waals surface area (Å²) in [7, 11) is 5.97. The Bertz CT molecular complexity index is 1010. The Morgan fingerprint density at radius 3 is 2.69 bits per heavy atom. The molecule has 8 nitrogen and oxygen atoms in total. The fourth-order valence-electron chi connectivity index (χ4n) is 4.73. The average Bonchev–Trinajstić information content (AvgIpc) is 3.29. The number of hydrogen-bond donors (Lipinski definition) is 0. The third kappa shape index (κ3) is 2.07. The zero-order valence-corrected chi connectivity index (χ0v) is 18.0. The highest BCUT2D eigenvalue weighted by molar-refractivity contribution is 8.78. The minimum Gasteiger partial charge on any atom is -0.493 e. The summed E-state index contributed by atoms with van der Waals surface area (Å²) < 4.78 is 16.5. The topological polar surface area (TPSA) is 92.1 Å². The molecule has 5 aliphatic heterocycles. The molecule has 1 spiro atoms. The Morgan fingerprint density at radius 1 is 1.24 bits per heavy atom. The molecule has 0 N–H and O–H groups in total. The van der Waals surface area contributed by atoms with E-state index in [-0.39, 0.29) is 25.0 Å². The van der Waals surface area contributed by atoms with Gasteiger partial charge in [0.1, 0.15) is 0 Å². The smallest absolute Gasteiger partial charge is 0.261 e. The van der Waals surface area contributed by atoms with E-state index in [0.717, 1.165) is 0 Å². The van der Waals surface area contributed by atoms with Crippen LogP contribution in [0, 0.1) is 16.7 Å². The quantitative estimate of drug-likeness (QED) is 0.657. The number of methoxy groups -OCH3 is 1. The van der Waals surface area contributed by atoms with Crippen molar-refractivity contribution >= 4 is 33.4 Å². The summed E-state index contributed by atoms with van der Waals surface area (Å²) >= 11 is 0. The zero-order chi connectivity index (χ0) is 20.8. The highest BCUT2D eigenvalue weighted by atomic mass is 33.1. The number of fused-ring (bicyclic) bond motifs is 3. The molecule has 152 valence electrons. The van der Waals surface area contributed by atoms with Gasteiger partial charge in [0, 0.05) is 13.5 Å². The number of piperazine rings is 1. The first-order valence-electron chi connectivity index (χ1n) is 9.09. The highest BCUT2D eigenvalue weighted by Gasteiger charge is 2.74. The standard InChI is InChI=1S/C19H19N3O5S2/c1-17(8-20)7-19-16(24)21(3)18(2,28-29-19)15(23)22(19)14(17)10-5-11(25-4)13-12(6-10)26-9-27-13/h5-6,14H,7,9H2,1-4H3. The van der Waals surface area contributed by atoms with E-state index in [1.165, 1.54) is 33.6 Å². The van der Waals surface area contributed by atoms with Gasteiger partial charge in [-0.15, -0.1) is 0 Å². The number of carbonyl (C=O) groups is 2. The van der Waals surface area contributed by atoms with Gasteiger partial charge in [-0.1, -0.05) is 21.6 Å². The summed E-state index contributed by atoms with van der Waals surface area (Å²) in [5, 5.41) is 10.1. The van der Waals surface area contributed by atoms with Crippen LogP contribution in [0.4, 0.5) is 0 Å². The third-order valence-electron chi connectivity index (χ3n) is 6.35. The predicted molar refractivity (Wildman–Crippen MR) is 106 cm³/mol. The summed E-state index contributed by atoms with van der Waals surface area (Å²) in [4.78, 5) is 28.0. The number of ether oxygens (including phenoxy) is 3. The van der Waals surface area contributed by atoms with E-state index in [1.807, 2.05) is 6.92 Å². The maximum absolute atomic E-state index is 13.6. The maximum atomic E-state index is 13.6. The lowest BCUT2D eigenvalue weighted by Crippen LogP contribution is -2.73. The molecule has 10 heteroatoms. The molecular formula is C19H19N3O5S2. The second-order valence-corrected chi connectivity index (χ2v) is 10.8. The Morgan fingerprint density at radius 2 is 2.00 bits per heavy atom. The van der Waals surface area contributed by atoms with Crippen LogP contribution in [-0.4, -0.2) is 52.3 Å². The molecule has 1 aromatic carbocycles. The van der Waals surface area contributed by atoms with Gasteiger partial charge in [0.15, 0.2) is 21.2 Å². The second kappa shape index (κ2) is 5.67. The lowest BCUT2D eigenvalue weighted by molar-refractivity contribution is -0.164. The van der Waals surface area contributed by atoms with Gasteiger partial charge in [-0.3, -0.25) is 9.59 Å². The first-order chi connectivity index (χ1) is 13.7.